The number of nitrogens with zero attached hydrogens (tertiary/aromatic N) is 1. The second kappa shape index (κ2) is 7.83. The van der Waals surface area contributed by atoms with Crippen molar-refractivity contribution in [2.24, 2.45) is 0 Å². The number of Topliss-reactive ketones (excluding diaryl/α,β-unsaturated/α-hetero) is 1. The molecule has 5 nitrogen and oxygen atoms in total. The van der Waals surface area contributed by atoms with E-state index in [4.69, 9.17) is 4.74 Å². The first-order valence-electron chi connectivity index (χ1n) is 9.27. The van der Waals surface area contributed by atoms with Gasteiger partial charge in [0.05, 0.1) is 18.7 Å². The second-order valence-corrected chi connectivity index (χ2v) is 6.78. The maximum atomic E-state index is 13.5. The minimum Gasteiger partial charge on any atom is -0.507 e. The lowest BCUT2D eigenvalue weighted by Crippen LogP contribution is -2.29. The minimum absolute atomic E-state index is 0.0476. The van der Waals surface area contributed by atoms with Crippen molar-refractivity contribution < 1.29 is 23.8 Å². The van der Waals surface area contributed by atoms with Crippen LogP contribution in [0.15, 0.2) is 84.4 Å². The van der Waals surface area contributed by atoms with Crippen LogP contribution in [-0.2, 0) is 9.59 Å². The second-order valence-electron chi connectivity index (χ2n) is 6.78. The van der Waals surface area contributed by atoms with Crippen molar-refractivity contribution in [1.82, 2.24) is 0 Å². The standard InChI is InChI=1S/C24H18FNO4/c1-30-19-13-11-18(12-14-19)26-21(15-7-9-17(25)10-8-15)20(23(28)24(26)29)22(27)16-5-3-2-4-6-16/h2-14,21,27H,1H3/t21-/m1/s1. The molecule has 1 fully saturated rings. The predicted octanol–water partition coefficient (Wildman–Crippen LogP) is 4.46. The third-order valence-corrected chi connectivity index (χ3v) is 5.03. The minimum atomic E-state index is -0.904. The number of aliphatic hydroxyl groups excluding tert-OH is 1. The summed E-state index contributed by atoms with van der Waals surface area (Å²) in [6.45, 7) is 0. The van der Waals surface area contributed by atoms with E-state index in [1.54, 1.807) is 54.6 Å². The van der Waals surface area contributed by atoms with Gasteiger partial charge in [0.15, 0.2) is 0 Å². The van der Waals surface area contributed by atoms with Gasteiger partial charge in [-0.15, -0.1) is 0 Å². The number of ketones is 1. The summed E-state index contributed by atoms with van der Waals surface area (Å²) in [5, 5.41) is 10.9. The average Bonchev–Trinajstić information content (AvgIpc) is 3.05. The topological polar surface area (TPSA) is 66.8 Å². The molecule has 0 aromatic heterocycles. The smallest absolute Gasteiger partial charge is 0.300 e. The maximum absolute atomic E-state index is 13.5. The highest BCUT2D eigenvalue weighted by molar-refractivity contribution is 6.51. The van der Waals surface area contributed by atoms with E-state index in [-0.39, 0.29) is 11.3 Å². The Bertz CT molecular complexity index is 1120. The van der Waals surface area contributed by atoms with E-state index in [1.165, 1.54) is 36.3 Å². The number of anilines is 1. The molecule has 0 saturated carbocycles. The summed E-state index contributed by atoms with van der Waals surface area (Å²) in [6, 6.07) is 19.8. The highest BCUT2D eigenvalue weighted by atomic mass is 19.1. The average molecular weight is 403 g/mol. The van der Waals surface area contributed by atoms with Crippen LogP contribution in [0.4, 0.5) is 10.1 Å². The van der Waals surface area contributed by atoms with Crippen LogP contribution in [0.25, 0.3) is 5.76 Å². The summed E-state index contributed by atoms with van der Waals surface area (Å²) in [7, 11) is 1.53. The lowest BCUT2D eigenvalue weighted by molar-refractivity contribution is -0.132. The van der Waals surface area contributed by atoms with Gasteiger partial charge < -0.3 is 9.84 Å². The highest BCUT2D eigenvalue weighted by Gasteiger charge is 2.46. The van der Waals surface area contributed by atoms with Crippen molar-refractivity contribution in [3.05, 3.63) is 101 Å². The van der Waals surface area contributed by atoms with Gasteiger partial charge in [0.2, 0.25) is 0 Å². The van der Waals surface area contributed by atoms with Gasteiger partial charge in [0, 0.05) is 11.3 Å². The molecule has 0 bridgehead atoms. The number of methoxy groups -OCH3 is 1. The summed E-state index contributed by atoms with van der Waals surface area (Å²) < 4.78 is 18.7. The largest absolute Gasteiger partial charge is 0.507 e. The lowest BCUT2D eigenvalue weighted by atomic mass is 9.95. The molecule has 0 aliphatic carbocycles. The van der Waals surface area contributed by atoms with Gasteiger partial charge in [-0.3, -0.25) is 14.5 Å². The first-order valence-corrected chi connectivity index (χ1v) is 9.27. The highest BCUT2D eigenvalue weighted by Crippen LogP contribution is 2.42. The molecule has 0 radical (unpaired) electrons. The number of hydrogen-bond donors (Lipinski definition) is 1. The molecular weight excluding hydrogens is 385 g/mol. The third-order valence-electron chi connectivity index (χ3n) is 5.03. The Morgan fingerprint density at radius 1 is 0.933 bits per heavy atom. The molecule has 0 spiro atoms. The van der Waals surface area contributed by atoms with Crippen molar-refractivity contribution in [3.8, 4) is 5.75 Å². The van der Waals surface area contributed by atoms with Crippen LogP contribution in [-0.4, -0.2) is 23.9 Å². The van der Waals surface area contributed by atoms with Gasteiger partial charge in [0.25, 0.3) is 11.7 Å². The first kappa shape index (κ1) is 19.4. The number of halogens is 1. The van der Waals surface area contributed by atoms with Crippen molar-refractivity contribution in [1.29, 1.82) is 0 Å². The number of rotatable bonds is 4. The third kappa shape index (κ3) is 3.33. The van der Waals surface area contributed by atoms with Crippen LogP contribution < -0.4 is 9.64 Å². The Hall–Kier alpha value is -3.93. The molecule has 30 heavy (non-hydrogen) atoms. The van der Waals surface area contributed by atoms with Gasteiger partial charge >= 0.3 is 0 Å². The van der Waals surface area contributed by atoms with E-state index < -0.39 is 23.5 Å². The summed E-state index contributed by atoms with van der Waals surface area (Å²) in [4.78, 5) is 27.3. The van der Waals surface area contributed by atoms with E-state index in [0.29, 0.717) is 22.6 Å². The van der Waals surface area contributed by atoms with Gasteiger partial charge in [0.1, 0.15) is 17.3 Å². The molecule has 1 aliphatic rings. The molecule has 1 saturated heterocycles. The summed E-state index contributed by atoms with van der Waals surface area (Å²) >= 11 is 0. The Kier molecular flexibility index (Phi) is 5.06. The van der Waals surface area contributed by atoms with Crippen LogP contribution in [0, 0.1) is 5.82 Å². The van der Waals surface area contributed by atoms with Crippen LogP contribution in [0.1, 0.15) is 17.2 Å². The van der Waals surface area contributed by atoms with Gasteiger partial charge in [-0.1, -0.05) is 42.5 Å². The van der Waals surface area contributed by atoms with Crippen LogP contribution in [0.2, 0.25) is 0 Å². The van der Waals surface area contributed by atoms with E-state index in [9.17, 15) is 19.1 Å². The number of carbonyl (C=O) groups is 2. The molecule has 3 aromatic carbocycles. The number of ether oxygens (including phenoxy) is 1. The van der Waals surface area contributed by atoms with E-state index in [2.05, 4.69) is 0 Å². The van der Waals surface area contributed by atoms with Gasteiger partial charge in [-0.2, -0.15) is 0 Å². The molecule has 1 heterocycles. The fourth-order valence-electron chi connectivity index (χ4n) is 3.55. The number of hydrogen-bond acceptors (Lipinski definition) is 4. The Balaban J connectivity index is 1.92. The zero-order chi connectivity index (χ0) is 21.3. The van der Waals surface area contributed by atoms with Gasteiger partial charge in [-0.25, -0.2) is 4.39 Å². The summed E-state index contributed by atoms with van der Waals surface area (Å²) in [5.41, 5.74) is 1.33. The fraction of sp³-hybridized carbons (Fsp3) is 0.0833. The number of carbonyl (C=O) groups excluding carboxylic acids is 2. The Labute approximate surface area is 172 Å². The molecule has 3 aromatic rings. The zero-order valence-corrected chi connectivity index (χ0v) is 16.1. The molecule has 0 unspecified atom stereocenters. The van der Waals surface area contributed by atoms with Gasteiger partial charge in [-0.05, 0) is 42.0 Å². The summed E-state index contributed by atoms with van der Waals surface area (Å²) in [6.07, 6.45) is 0. The zero-order valence-electron chi connectivity index (χ0n) is 16.1. The monoisotopic (exact) mass is 403 g/mol. The van der Waals surface area contributed by atoms with Crippen LogP contribution in [0.5, 0.6) is 5.75 Å². The van der Waals surface area contributed by atoms with Crippen molar-refractivity contribution in [2.45, 2.75) is 6.04 Å². The molecule has 1 amide bonds. The quantitative estimate of drug-likeness (QED) is 0.397. The van der Waals surface area contributed by atoms with Crippen LogP contribution >= 0.6 is 0 Å². The summed E-state index contributed by atoms with van der Waals surface area (Å²) in [5.74, 6) is -1.70. The molecule has 150 valence electrons. The molecule has 6 heteroatoms. The predicted molar refractivity (Wildman–Crippen MR) is 111 cm³/mol. The molecule has 1 aliphatic heterocycles. The van der Waals surface area contributed by atoms with Crippen molar-refractivity contribution >= 4 is 23.1 Å². The normalized spacial score (nSPS) is 17.9. The molecule has 1 atom stereocenters. The van der Waals surface area contributed by atoms with E-state index in [1.807, 2.05) is 0 Å². The molecule has 1 N–H and O–H groups in total. The number of amides is 1. The van der Waals surface area contributed by atoms with Crippen molar-refractivity contribution in [2.75, 3.05) is 12.0 Å². The SMILES string of the molecule is COc1ccc(N2C(=O)C(=O)C(=C(O)c3ccccc3)[C@H]2c2ccc(F)cc2)cc1. The Morgan fingerprint density at radius 2 is 1.57 bits per heavy atom. The van der Waals surface area contributed by atoms with E-state index in [0.717, 1.165) is 0 Å². The van der Waals surface area contributed by atoms with Crippen LogP contribution in [0.3, 0.4) is 0 Å². The molecule has 4 rings (SSSR count). The fourth-order valence-corrected chi connectivity index (χ4v) is 3.55. The molecular formula is C24H18FNO4. The first-order chi connectivity index (χ1) is 14.5. The van der Waals surface area contributed by atoms with Crippen molar-refractivity contribution in [3.63, 3.8) is 0 Å². The maximum Gasteiger partial charge on any atom is 0.300 e. The number of benzene rings is 3. The Morgan fingerprint density at radius 3 is 2.17 bits per heavy atom. The number of aliphatic hydroxyl groups is 1. The van der Waals surface area contributed by atoms with E-state index >= 15 is 0 Å². The lowest BCUT2D eigenvalue weighted by Gasteiger charge is -2.25.